The van der Waals surface area contributed by atoms with Gasteiger partial charge in [0.15, 0.2) is 5.96 Å². The third kappa shape index (κ3) is 6.97. The molecular weight excluding hydrogens is 292 g/mol. The van der Waals surface area contributed by atoms with Gasteiger partial charge in [0.1, 0.15) is 0 Å². The van der Waals surface area contributed by atoms with Gasteiger partial charge in [0.2, 0.25) is 0 Å². The summed E-state index contributed by atoms with van der Waals surface area (Å²) < 4.78 is 5.13. The van der Waals surface area contributed by atoms with Crippen molar-refractivity contribution < 1.29 is 9.53 Å². The van der Waals surface area contributed by atoms with Crippen molar-refractivity contribution in [1.82, 2.24) is 5.32 Å². The fraction of sp³-hybridized carbons (Fsp3) is 0.429. The minimum absolute atomic E-state index is 0. The second kappa shape index (κ2) is 10.0. The van der Waals surface area contributed by atoms with E-state index in [2.05, 4.69) is 15.6 Å². The summed E-state index contributed by atoms with van der Waals surface area (Å²) in [6.45, 7) is 7.31. The minimum Gasteiger partial charge on any atom is -0.380 e. The van der Waals surface area contributed by atoms with Crippen molar-refractivity contribution in [3.8, 4) is 0 Å². The van der Waals surface area contributed by atoms with Crippen LogP contribution in [0, 0.1) is 13.8 Å². The molecule has 6 nitrogen and oxygen atoms in total. The zero-order chi connectivity index (χ0) is 15.0. The van der Waals surface area contributed by atoms with Crippen molar-refractivity contribution in [2.75, 3.05) is 25.1 Å². The summed E-state index contributed by atoms with van der Waals surface area (Å²) in [6, 6.07) is 5.40. The lowest BCUT2D eigenvalue weighted by Gasteiger charge is -2.12. The van der Waals surface area contributed by atoms with Crippen LogP contribution in [-0.4, -0.2) is 31.7 Å². The maximum Gasteiger partial charge on any atom is 0.326 e. The normalized spacial score (nSPS) is 10.7. The molecule has 0 bridgehead atoms. The highest BCUT2D eigenvalue weighted by Gasteiger charge is 2.07. The van der Waals surface area contributed by atoms with Crippen LogP contribution in [0.5, 0.6) is 0 Å². The van der Waals surface area contributed by atoms with Crippen LogP contribution in [0.15, 0.2) is 23.2 Å². The third-order valence-corrected chi connectivity index (χ3v) is 2.68. The Morgan fingerprint density at radius 3 is 2.52 bits per heavy atom. The lowest BCUT2D eigenvalue weighted by molar-refractivity contribution is 0.155. The van der Waals surface area contributed by atoms with E-state index in [-0.39, 0.29) is 18.4 Å². The Hall–Kier alpha value is -1.79. The summed E-state index contributed by atoms with van der Waals surface area (Å²) in [6.07, 6.45) is 0. The summed E-state index contributed by atoms with van der Waals surface area (Å²) in [5, 5.41) is 5.25. The number of ether oxygens (including phenoxy) is 1. The molecule has 2 amide bonds. The minimum atomic E-state index is -0.403. The average Bonchev–Trinajstić information content (AvgIpc) is 2.39. The zero-order valence-corrected chi connectivity index (χ0v) is 13.4. The second-order valence-electron chi connectivity index (χ2n) is 4.31. The highest BCUT2D eigenvalue weighted by Crippen LogP contribution is 2.18. The van der Waals surface area contributed by atoms with Crippen molar-refractivity contribution in [2.24, 2.45) is 10.7 Å². The molecule has 0 saturated carbocycles. The molecule has 0 aromatic heterocycles. The molecule has 0 unspecified atom stereocenters. The van der Waals surface area contributed by atoms with Gasteiger partial charge in [0, 0.05) is 12.3 Å². The van der Waals surface area contributed by atoms with Gasteiger partial charge in [-0.05, 0) is 31.9 Å². The van der Waals surface area contributed by atoms with E-state index < -0.39 is 6.03 Å². The highest BCUT2D eigenvalue weighted by atomic mass is 35.5. The molecular formula is C14H23ClN4O2. The van der Waals surface area contributed by atoms with Crippen LogP contribution < -0.4 is 16.4 Å². The molecule has 1 aromatic rings. The Morgan fingerprint density at radius 1 is 1.33 bits per heavy atom. The van der Waals surface area contributed by atoms with Gasteiger partial charge in [-0.1, -0.05) is 18.2 Å². The number of guanidine groups is 1. The molecule has 0 radical (unpaired) electrons. The van der Waals surface area contributed by atoms with Crippen LogP contribution in [0.2, 0.25) is 0 Å². The first-order valence-electron chi connectivity index (χ1n) is 6.56. The molecule has 21 heavy (non-hydrogen) atoms. The number of aliphatic imine (C=N–C) groups is 1. The number of nitrogens with two attached hydrogens (primary N) is 1. The Balaban J connectivity index is 0.00000400. The summed E-state index contributed by atoms with van der Waals surface area (Å²) >= 11 is 0. The Kier molecular flexibility index (Phi) is 9.16. The molecule has 0 saturated heterocycles. The number of amides is 2. The van der Waals surface area contributed by atoms with E-state index in [1.165, 1.54) is 0 Å². The van der Waals surface area contributed by atoms with Crippen molar-refractivity contribution in [3.05, 3.63) is 29.3 Å². The van der Waals surface area contributed by atoms with Crippen LogP contribution in [-0.2, 0) is 4.74 Å². The number of rotatable bonds is 5. The van der Waals surface area contributed by atoms with Gasteiger partial charge >= 0.3 is 6.03 Å². The number of halogens is 1. The van der Waals surface area contributed by atoms with Crippen molar-refractivity contribution in [3.63, 3.8) is 0 Å². The summed E-state index contributed by atoms with van der Waals surface area (Å²) in [5.41, 5.74) is 8.38. The van der Waals surface area contributed by atoms with Crippen LogP contribution in [0.1, 0.15) is 18.1 Å². The van der Waals surface area contributed by atoms with Gasteiger partial charge in [0.25, 0.3) is 0 Å². The fourth-order valence-electron chi connectivity index (χ4n) is 1.69. The molecule has 0 atom stereocenters. The number of hydrogen-bond acceptors (Lipinski definition) is 3. The molecule has 1 aromatic carbocycles. The number of aryl methyl sites for hydroxylation is 2. The Morgan fingerprint density at radius 2 is 1.95 bits per heavy atom. The largest absolute Gasteiger partial charge is 0.380 e. The predicted octanol–water partition coefficient (Wildman–Crippen LogP) is 2.20. The van der Waals surface area contributed by atoms with Gasteiger partial charge in [-0.25, -0.2) is 4.79 Å². The lowest BCUT2D eigenvalue weighted by Crippen LogP contribution is -2.40. The van der Waals surface area contributed by atoms with E-state index in [0.29, 0.717) is 19.8 Å². The summed E-state index contributed by atoms with van der Waals surface area (Å²) in [5.74, 6) is 0.0773. The van der Waals surface area contributed by atoms with Gasteiger partial charge in [-0.15, -0.1) is 12.4 Å². The van der Waals surface area contributed by atoms with E-state index in [1.807, 2.05) is 39.0 Å². The van der Waals surface area contributed by atoms with E-state index in [1.54, 1.807) is 0 Å². The molecule has 118 valence electrons. The maximum atomic E-state index is 11.8. The van der Waals surface area contributed by atoms with Crippen molar-refractivity contribution in [1.29, 1.82) is 0 Å². The number of hydrogen-bond donors (Lipinski definition) is 3. The lowest BCUT2D eigenvalue weighted by atomic mass is 10.1. The second-order valence-corrected chi connectivity index (χ2v) is 4.31. The number of carbonyl (C=O) groups is 1. The molecule has 0 heterocycles. The molecule has 0 fully saturated rings. The maximum absolute atomic E-state index is 11.8. The SMILES string of the molecule is CCOCCN=C(N)NC(=O)Nc1c(C)cccc1C.Cl. The molecule has 0 spiro atoms. The number of urea groups is 1. The Bertz CT molecular complexity index is 472. The molecule has 1 rings (SSSR count). The number of nitrogens with zero attached hydrogens (tertiary/aromatic N) is 1. The van der Waals surface area contributed by atoms with Crippen LogP contribution in [0.4, 0.5) is 10.5 Å². The quantitative estimate of drug-likeness (QED) is 0.442. The standard InChI is InChI=1S/C14H22N4O2.ClH/c1-4-20-9-8-16-13(15)18-14(19)17-12-10(2)6-5-7-11(12)3;/h5-7H,4,8-9H2,1-3H3,(H4,15,16,17,18,19);1H. The first kappa shape index (κ1) is 19.2. The number of benzene rings is 1. The van der Waals surface area contributed by atoms with E-state index >= 15 is 0 Å². The molecule has 7 heteroatoms. The predicted molar refractivity (Wildman–Crippen MR) is 88.3 cm³/mol. The number of carbonyl (C=O) groups excluding carboxylic acids is 1. The third-order valence-electron chi connectivity index (χ3n) is 2.68. The molecule has 0 aliphatic carbocycles. The molecule has 0 aliphatic rings. The summed E-state index contributed by atoms with van der Waals surface area (Å²) in [7, 11) is 0. The Labute approximate surface area is 131 Å². The number of anilines is 1. The van der Waals surface area contributed by atoms with Crippen molar-refractivity contribution >= 4 is 30.1 Å². The van der Waals surface area contributed by atoms with Crippen LogP contribution in [0.25, 0.3) is 0 Å². The average molecular weight is 315 g/mol. The number of para-hydroxylation sites is 1. The topological polar surface area (TPSA) is 88.7 Å². The number of nitrogens with one attached hydrogen (secondary N) is 2. The summed E-state index contributed by atoms with van der Waals surface area (Å²) in [4.78, 5) is 15.8. The van der Waals surface area contributed by atoms with E-state index in [4.69, 9.17) is 10.5 Å². The molecule has 0 aliphatic heterocycles. The highest BCUT2D eigenvalue weighted by molar-refractivity contribution is 6.02. The fourth-order valence-corrected chi connectivity index (χ4v) is 1.69. The van der Waals surface area contributed by atoms with Crippen LogP contribution in [0.3, 0.4) is 0 Å². The molecule has 4 N–H and O–H groups in total. The van der Waals surface area contributed by atoms with E-state index in [9.17, 15) is 4.79 Å². The van der Waals surface area contributed by atoms with Gasteiger partial charge in [-0.3, -0.25) is 10.3 Å². The smallest absolute Gasteiger partial charge is 0.326 e. The van der Waals surface area contributed by atoms with E-state index in [0.717, 1.165) is 16.8 Å². The van der Waals surface area contributed by atoms with Gasteiger partial charge in [-0.2, -0.15) is 0 Å². The van der Waals surface area contributed by atoms with Crippen molar-refractivity contribution in [2.45, 2.75) is 20.8 Å². The van der Waals surface area contributed by atoms with Gasteiger partial charge in [0.05, 0.1) is 13.2 Å². The van der Waals surface area contributed by atoms with Crippen LogP contribution >= 0.6 is 12.4 Å². The first-order chi connectivity index (χ1) is 9.54. The monoisotopic (exact) mass is 314 g/mol. The first-order valence-corrected chi connectivity index (χ1v) is 6.56. The van der Waals surface area contributed by atoms with Gasteiger partial charge < -0.3 is 15.8 Å². The zero-order valence-electron chi connectivity index (χ0n) is 12.6.